The lowest BCUT2D eigenvalue weighted by molar-refractivity contribution is 0.345. The summed E-state index contributed by atoms with van der Waals surface area (Å²) in [5.41, 5.74) is 5.74. The van der Waals surface area contributed by atoms with E-state index in [2.05, 4.69) is 23.6 Å². The topological polar surface area (TPSA) is 47.3 Å². The molecule has 2 saturated carbocycles. The normalized spacial score (nSPS) is 33.7. The van der Waals surface area contributed by atoms with E-state index in [1.165, 1.54) is 30.4 Å². The Bertz CT molecular complexity index is 464. The first-order valence-corrected chi connectivity index (χ1v) is 7.07. The summed E-state index contributed by atoms with van der Waals surface area (Å²) >= 11 is 0. The van der Waals surface area contributed by atoms with Crippen molar-refractivity contribution in [1.29, 1.82) is 0 Å². The molecule has 0 radical (unpaired) electrons. The second-order valence-corrected chi connectivity index (χ2v) is 6.10. The molecular weight excluding hydrogens is 224 g/mol. The van der Waals surface area contributed by atoms with E-state index < -0.39 is 0 Å². The van der Waals surface area contributed by atoms with Crippen molar-refractivity contribution in [3.63, 3.8) is 0 Å². The van der Waals surface area contributed by atoms with Crippen molar-refractivity contribution in [1.82, 2.24) is 5.43 Å². The Morgan fingerprint density at radius 2 is 2.06 bits per heavy atom. The lowest BCUT2D eigenvalue weighted by atomic mass is 9.88. The van der Waals surface area contributed by atoms with Gasteiger partial charge in [0.25, 0.3) is 0 Å². The van der Waals surface area contributed by atoms with Gasteiger partial charge in [-0.3, -0.25) is 11.3 Å². The van der Waals surface area contributed by atoms with Crippen LogP contribution in [0.25, 0.3) is 0 Å². The number of fused-ring (bicyclic) bond motifs is 2. The van der Waals surface area contributed by atoms with Gasteiger partial charge in [-0.25, -0.2) is 0 Å². The number of benzene rings is 1. The van der Waals surface area contributed by atoms with Gasteiger partial charge in [-0.05, 0) is 54.2 Å². The van der Waals surface area contributed by atoms with E-state index >= 15 is 0 Å². The number of nitrogens with one attached hydrogen (secondary N) is 1. The first-order chi connectivity index (χ1) is 8.85. The van der Waals surface area contributed by atoms with Gasteiger partial charge in [-0.1, -0.05) is 12.1 Å². The van der Waals surface area contributed by atoms with Crippen LogP contribution in [0, 0.1) is 17.8 Å². The minimum absolute atomic E-state index is 0.323. The predicted octanol–water partition coefficient (Wildman–Crippen LogP) is 2.17. The van der Waals surface area contributed by atoms with E-state index in [1.54, 1.807) is 0 Å². The van der Waals surface area contributed by atoms with Gasteiger partial charge in [0.05, 0.1) is 6.61 Å². The van der Waals surface area contributed by atoms with Gasteiger partial charge < -0.3 is 4.74 Å². The third-order valence-electron chi connectivity index (χ3n) is 5.00. The van der Waals surface area contributed by atoms with Gasteiger partial charge in [-0.2, -0.15) is 0 Å². The maximum absolute atomic E-state index is 5.81. The lowest BCUT2D eigenvalue weighted by Gasteiger charge is -2.24. The summed E-state index contributed by atoms with van der Waals surface area (Å²) in [6.45, 7) is 0.826. The summed E-state index contributed by atoms with van der Waals surface area (Å²) in [6.07, 6.45) is 5.21. The maximum Gasteiger partial charge on any atom is 0.122 e. The minimum atomic E-state index is 0.323. The van der Waals surface area contributed by atoms with E-state index in [9.17, 15) is 0 Å². The molecule has 3 atom stereocenters. The van der Waals surface area contributed by atoms with Gasteiger partial charge in [-0.15, -0.1) is 0 Å². The lowest BCUT2D eigenvalue weighted by Crippen LogP contribution is -2.33. The van der Waals surface area contributed by atoms with Crippen LogP contribution in [-0.2, 0) is 6.42 Å². The van der Waals surface area contributed by atoms with Gasteiger partial charge in [0.1, 0.15) is 5.75 Å². The van der Waals surface area contributed by atoms with E-state index in [4.69, 9.17) is 10.6 Å². The summed E-state index contributed by atoms with van der Waals surface area (Å²) < 4.78 is 5.56. The molecule has 18 heavy (non-hydrogen) atoms. The number of ether oxygens (including phenoxy) is 1. The van der Waals surface area contributed by atoms with Gasteiger partial charge >= 0.3 is 0 Å². The highest BCUT2D eigenvalue weighted by Gasteiger charge is 2.48. The van der Waals surface area contributed by atoms with Crippen LogP contribution in [-0.4, -0.2) is 6.61 Å². The van der Waals surface area contributed by atoms with Crippen molar-refractivity contribution in [3.8, 4) is 5.75 Å². The van der Waals surface area contributed by atoms with E-state index in [0.29, 0.717) is 6.04 Å². The molecule has 2 aliphatic carbocycles. The Labute approximate surface area is 108 Å². The molecule has 3 nitrogen and oxygen atoms in total. The van der Waals surface area contributed by atoms with Crippen LogP contribution >= 0.6 is 0 Å². The zero-order valence-electron chi connectivity index (χ0n) is 10.6. The van der Waals surface area contributed by atoms with Crippen molar-refractivity contribution in [2.45, 2.75) is 31.7 Å². The van der Waals surface area contributed by atoms with Crippen molar-refractivity contribution in [2.75, 3.05) is 6.61 Å². The molecule has 96 valence electrons. The molecule has 0 saturated heterocycles. The van der Waals surface area contributed by atoms with Crippen LogP contribution in [0.4, 0.5) is 0 Å². The number of rotatable bonds is 3. The van der Waals surface area contributed by atoms with Gasteiger partial charge in [0, 0.05) is 12.5 Å². The second kappa shape index (κ2) is 3.97. The van der Waals surface area contributed by atoms with E-state index in [-0.39, 0.29) is 0 Å². The molecule has 1 aromatic rings. The van der Waals surface area contributed by atoms with Crippen LogP contribution in [0.1, 0.15) is 36.4 Å². The van der Waals surface area contributed by atoms with Crippen LogP contribution in [0.15, 0.2) is 18.2 Å². The minimum Gasteiger partial charge on any atom is -0.493 e. The molecule has 1 aromatic carbocycles. The number of hydrazine groups is 1. The van der Waals surface area contributed by atoms with Crippen LogP contribution < -0.4 is 16.0 Å². The largest absolute Gasteiger partial charge is 0.493 e. The first-order valence-electron chi connectivity index (χ1n) is 7.07. The Kier molecular flexibility index (Phi) is 2.39. The van der Waals surface area contributed by atoms with Gasteiger partial charge in [0.2, 0.25) is 0 Å². The van der Waals surface area contributed by atoms with Crippen LogP contribution in [0.2, 0.25) is 0 Å². The van der Waals surface area contributed by atoms with Crippen molar-refractivity contribution in [2.24, 2.45) is 23.6 Å². The molecule has 0 bridgehead atoms. The van der Waals surface area contributed by atoms with Crippen molar-refractivity contribution >= 4 is 0 Å². The molecule has 0 aromatic heterocycles. The quantitative estimate of drug-likeness (QED) is 0.633. The molecule has 2 fully saturated rings. The summed E-state index contributed by atoms with van der Waals surface area (Å²) in [5.74, 6) is 9.60. The molecule has 3 N–H and O–H groups in total. The molecule has 0 amide bonds. The fraction of sp³-hybridized carbons (Fsp3) is 0.600. The average Bonchev–Trinajstić information content (AvgIpc) is 2.82. The van der Waals surface area contributed by atoms with Crippen molar-refractivity contribution < 1.29 is 4.74 Å². The highest BCUT2D eigenvalue weighted by molar-refractivity contribution is 5.41. The molecule has 3 aliphatic rings. The Hall–Kier alpha value is -1.06. The Morgan fingerprint density at radius 3 is 2.83 bits per heavy atom. The highest BCUT2D eigenvalue weighted by Crippen LogP contribution is 2.57. The molecule has 4 rings (SSSR count). The zero-order chi connectivity index (χ0) is 12.1. The maximum atomic E-state index is 5.81. The third kappa shape index (κ3) is 1.65. The molecule has 1 aliphatic heterocycles. The number of hydrogen-bond acceptors (Lipinski definition) is 3. The summed E-state index contributed by atoms with van der Waals surface area (Å²) in [6, 6.07) is 6.90. The molecule has 3 heteroatoms. The average molecular weight is 244 g/mol. The SMILES string of the molecule is NNC(c1ccc2c(c1)CCO2)C1CC2CC2C1. The predicted molar refractivity (Wildman–Crippen MR) is 70.0 cm³/mol. The summed E-state index contributed by atoms with van der Waals surface area (Å²) in [4.78, 5) is 0. The van der Waals surface area contributed by atoms with Gasteiger partial charge in [0.15, 0.2) is 0 Å². The summed E-state index contributed by atoms with van der Waals surface area (Å²) in [5, 5.41) is 0. The van der Waals surface area contributed by atoms with E-state index in [1.807, 2.05) is 0 Å². The fourth-order valence-electron chi connectivity index (χ4n) is 3.94. The molecule has 1 heterocycles. The molecular formula is C15H20N2O. The monoisotopic (exact) mass is 244 g/mol. The molecule has 0 spiro atoms. The Morgan fingerprint density at radius 1 is 1.22 bits per heavy atom. The van der Waals surface area contributed by atoms with Crippen LogP contribution in [0.5, 0.6) is 5.75 Å². The standard InChI is InChI=1S/C15H20N2O/c16-17-15(13-7-11-6-12(11)8-13)10-1-2-14-9(5-10)3-4-18-14/h1-2,5,11-13,15,17H,3-4,6-8,16H2. The number of nitrogens with two attached hydrogens (primary N) is 1. The Balaban J connectivity index is 1.59. The molecule has 3 unspecified atom stereocenters. The number of hydrogen-bond donors (Lipinski definition) is 2. The van der Waals surface area contributed by atoms with Crippen LogP contribution in [0.3, 0.4) is 0 Å². The summed E-state index contributed by atoms with van der Waals surface area (Å²) in [7, 11) is 0. The third-order valence-corrected chi connectivity index (χ3v) is 5.00. The van der Waals surface area contributed by atoms with Crippen molar-refractivity contribution in [3.05, 3.63) is 29.3 Å². The highest BCUT2D eigenvalue weighted by atomic mass is 16.5. The smallest absolute Gasteiger partial charge is 0.122 e. The fourth-order valence-corrected chi connectivity index (χ4v) is 3.94. The first kappa shape index (κ1) is 10.8. The van der Waals surface area contributed by atoms with E-state index in [0.717, 1.165) is 36.5 Å². The second-order valence-electron chi connectivity index (χ2n) is 6.10. The zero-order valence-corrected chi connectivity index (χ0v) is 10.6.